The summed E-state index contributed by atoms with van der Waals surface area (Å²) >= 11 is 0. The third-order valence-electron chi connectivity index (χ3n) is 3.93. The van der Waals surface area contributed by atoms with Crippen LogP contribution in [0.5, 0.6) is 0 Å². The van der Waals surface area contributed by atoms with Crippen molar-refractivity contribution in [3.05, 3.63) is 76.9 Å². The molecule has 0 fully saturated rings. The molecule has 0 aliphatic carbocycles. The van der Waals surface area contributed by atoms with E-state index < -0.39 is 0 Å². The molecule has 2 aromatic heterocycles. The number of hydrogen-bond donors (Lipinski definition) is 2. The summed E-state index contributed by atoms with van der Waals surface area (Å²) in [5.41, 5.74) is 5.00. The van der Waals surface area contributed by atoms with E-state index in [1.54, 1.807) is 18.5 Å². The molecule has 2 heterocycles. The van der Waals surface area contributed by atoms with Gasteiger partial charge < -0.3 is 10.6 Å². The van der Waals surface area contributed by atoms with Gasteiger partial charge in [0.15, 0.2) is 0 Å². The molecule has 0 atom stereocenters. The minimum Gasteiger partial charge on any atom is -0.350 e. The van der Waals surface area contributed by atoms with Gasteiger partial charge in [-0.15, -0.1) is 0 Å². The highest BCUT2D eigenvalue weighted by atomic mass is 16.1. The predicted octanol–water partition coefficient (Wildman–Crippen LogP) is 3.66. The summed E-state index contributed by atoms with van der Waals surface area (Å²) in [5.74, 6) is 0.170. The molecule has 3 rings (SSSR count). The summed E-state index contributed by atoms with van der Waals surface area (Å²) in [6, 6.07) is 11.5. The van der Waals surface area contributed by atoms with Gasteiger partial charge in [-0.2, -0.15) is 0 Å². The van der Waals surface area contributed by atoms with E-state index in [2.05, 4.69) is 25.6 Å². The van der Waals surface area contributed by atoms with Crippen molar-refractivity contribution in [3.8, 4) is 0 Å². The largest absolute Gasteiger partial charge is 0.350 e. The molecule has 0 aliphatic heterocycles. The van der Waals surface area contributed by atoms with Gasteiger partial charge in [-0.05, 0) is 61.7 Å². The molecular weight excluding hydrogens is 326 g/mol. The number of amides is 1. The number of hydrogen-bond acceptors (Lipinski definition) is 5. The zero-order valence-electron chi connectivity index (χ0n) is 15.1. The number of nitrogens with zero attached hydrogens (tertiary/aromatic N) is 3. The first-order valence-electron chi connectivity index (χ1n) is 8.38. The molecule has 3 aromatic rings. The summed E-state index contributed by atoms with van der Waals surface area (Å²) in [7, 11) is 0. The Balaban J connectivity index is 1.76. The molecule has 6 heteroatoms. The Hall–Kier alpha value is -3.28. The lowest BCUT2D eigenvalue weighted by atomic mass is 10.1. The third kappa shape index (κ3) is 4.42. The van der Waals surface area contributed by atoms with Gasteiger partial charge >= 0.3 is 0 Å². The molecule has 1 aromatic carbocycles. The number of carbonyl (C=O) groups excluding carboxylic acids is 1. The maximum absolute atomic E-state index is 12.6. The van der Waals surface area contributed by atoms with Crippen molar-refractivity contribution in [3.63, 3.8) is 0 Å². The Morgan fingerprint density at radius 3 is 2.54 bits per heavy atom. The van der Waals surface area contributed by atoms with Crippen LogP contribution in [0.25, 0.3) is 0 Å². The third-order valence-corrected chi connectivity index (χ3v) is 3.93. The van der Waals surface area contributed by atoms with Crippen molar-refractivity contribution < 1.29 is 4.79 Å². The van der Waals surface area contributed by atoms with Crippen molar-refractivity contribution in [1.29, 1.82) is 0 Å². The van der Waals surface area contributed by atoms with E-state index >= 15 is 0 Å². The molecular formula is C20H21N5O. The molecule has 0 spiro atoms. The predicted molar refractivity (Wildman–Crippen MR) is 102 cm³/mol. The van der Waals surface area contributed by atoms with Gasteiger partial charge in [0.2, 0.25) is 5.95 Å². The number of aryl methyl sites for hydroxylation is 3. The lowest BCUT2D eigenvalue weighted by Crippen LogP contribution is -2.16. The van der Waals surface area contributed by atoms with Crippen LogP contribution in [0.1, 0.15) is 32.9 Å². The maximum atomic E-state index is 12.6. The van der Waals surface area contributed by atoms with Crippen LogP contribution in [0.15, 0.2) is 48.8 Å². The van der Waals surface area contributed by atoms with Gasteiger partial charge in [0, 0.05) is 30.3 Å². The number of pyridine rings is 1. The van der Waals surface area contributed by atoms with Crippen molar-refractivity contribution in [1.82, 2.24) is 15.0 Å². The number of anilines is 2. The van der Waals surface area contributed by atoms with Crippen molar-refractivity contribution in [2.24, 2.45) is 0 Å². The molecule has 0 unspecified atom stereocenters. The Morgan fingerprint density at radius 1 is 1.00 bits per heavy atom. The summed E-state index contributed by atoms with van der Waals surface area (Å²) in [4.78, 5) is 25.3. The van der Waals surface area contributed by atoms with Gasteiger partial charge in [-0.1, -0.05) is 12.1 Å². The van der Waals surface area contributed by atoms with E-state index in [9.17, 15) is 4.79 Å². The zero-order valence-corrected chi connectivity index (χ0v) is 15.1. The monoisotopic (exact) mass is 347 g/mol. The summed E-state index contributed by atoms with van der Waals surface area (Å²) < 4.78 is 0. The molecule has 0 saturated carbocycles. The van der Waals surface area contributed by atoms with Gasteiger partial charge in [-0.25, -0.2) is 9.97 Å². The van der Waals surface area contributed by atoms with Gasteiger partial charge in [-0.3, -0.25) is 9.78 Å². The summed E-state index contributed by atoms with van der Waals surface area (Å²) in [6.45, 7) is 6.35. The van der Waals surface area contributed by atoms with E-state index in [-0.39, 0.29) is 5.91 Å². The second-order valence-corrected chi connectivity index (χ2v) is 6.20. The molecule has 132 valence electrons. The first-order valence-corrected chi connectivity index (χ1v) is 8.38. The van der Waals surface area contributed by atoms with Crippen LogP contribution >= 0.6 is 0 Å². The quantitative estimate of drug-likeness (QED) is 0.736. The van der Waals surface area contributed by atoms with Crippen LogP contribution in [0.2, 0.25) is 0 Å². The number of rotatable bonds is 5. The van der Waals surface area contributed by atoms with Crippen LogP contribution < -0.4 is 10.6 Å². The van der Waals surface area contributed by atoms with Crippen LogP contribution in [0, 0.1) is 20.8 Å². The van der Waals surface area contributed by atoms with E-state index in [0.29, 0.717) is 18.2 Å². The SMILES string of the molecule is Cc1ccc(C)c(NC(=O)c2cc(C)nc(NCc3ccncc3)n2)c1. The molecule has 0 bridgehead atoms. The van der Waals surface area contributed by atoms with Gasteiger partial charge in [0.25, 0.3) is 5.91 Å². The van der Waals surface area contributed by atoms with E-state index in [1.807, 2.05) is 51.1 Å². The standard InChI is InChI=1S/C20H21N5O/c1-13-4-5-14(2)17(10-13)24-19(26)18-11-15(3)23-20(25-18)22-12-16-6-8-21-9-7-16/h4-11H,12H2,1-3H3,(H,24,26)(H,22,23,25). The second kappa shape index (κ2) is 7.74. The number of benzene rings is 1. The van der Waals surface area contributed by atoms with Crippen molar-refractivity contribution in [2.45, 2.75) is 27.3 Å². The molecule has 0 radical (unpaired) electrons. The van der Waals surface area contributed by atoms with E-state index in [4.69, 9.17) is 0 Å². The first-order chi connectivity index (χ1) is 12.5. The summed E-state index contributed by atoms with van der Waals surface area (Å²) in [5, 5.41) is 6.08. The topological polar surface area (TPSA) is 79.8 Å². The van der Waals surface area contributed by atoms with Crippen LogP contribution in [0.3, 0.4) is 0 Å². The Bertz CT molecular complexity index is 925. The molecule has 26 heavy (non-hydrogen) atoms. The molecule has 6 nitrogen and oxygen atoms in total. The van der Waals surface area contributed by atoms with Crippen molar-refractivity contribution >= 4 is 17.5 Å². The Kier molecular flexibility index (Phi) is 5.22. The number of nitrogens with one attached hydrogen (secondary N) is 2. The maximum Gasteiger partial charge on any atom is 0.274 e. The average Bonchev–Trinajstić information content (AvgIpc) is 2.63. The minimum atomic E-state index is -0.254. The fraction of sp³-hybridized carbons (Fsp3) is 0.200. The summed E-state index contributed by atoms with van der Waals surface area (Å²) in [6.07, 6.45) is 3.47. The van der Waals surface area contributed by atoms with Crippen LogP contribution in [-0.2, 0) is 6.54 Å². The second-order valence-electron chi connectivity index (χ2n) is 6.20. The Morgan fingerprint density at radius 2 is 1.77 bits per heavy atom. The number of aromatic nitrogens is 3. The fourth-order valence-electron chi connectivity index (χ4n) is 2.50. The highest BCUT2D eigenvalue weighted by molar-refractivity contribution is 6.03. The van der Waals surface area contributed by atoms with E-state index in [1.165, 1.54) is 0 Å². The highest BCUT2D eigenvalue weighted by Gasteiger charge is 2.12. The van der Waals surface area contributed by atoms with Crippen LogP contribution in [-0.4, -0.2) is 20.9 Å². The molecule has 0 saturated heterocycles. The lowest BCUT2D eigenvalue weighted by molar-refractivity contribution is 0.102. The van der Waals surface area contributed by atoms with Crippen molar-refractivity contribution in [2.75, 3.05) is 10.6 Å². The van der Waals surface area contributed by atoms with E-state index in [0.717, 1.165) is 28.1 Å². The first kappa shape index (κ1) is 17.5. The minimum absolute atomic E-state index is 0.254. The van der Waals surface area contributed by atoms with Crippen LogP contribution in [0.4, 0.5) is 11.6 Å². The molecule has 1 amide bonds. The molecule has 0 aliphatic rings. The molecule has 2 N–H and O–H groups in total. The normalized spacial score (nSPS) is 10.4. The average molecular weight is 347 g/mol. The smallest absolute Gasteiger partial charge is 0.274 e. The van der Waals surface area contributed by atoms with Gasteiger partial charge in [0.05, 0.1) is 0 Å². The number of carbonyl (C=O) groups is 1. The van der Waals surface area contributed by atoms with Gasteiger partial charge in [0.1, 0.15) is 5.69 Å². The fourth-order valence-corrected chi connectivity index (χ4v) is 2.50. The Labute approximate surface area is 152 Å². The highest BCUT2D eigenvalue weighted by Crippen LogP contribution is 2.17. The zero-order chi connectivity index (χ0) is 18.5. The lowest BCUT2D eigenvalue weighted by Gasteiger charge is -2.11.